The summed E-state index contributed by atoms with van der Waals surface area (Å²) in [5.41, 5.74) is 5.98. The number of piperidine rings is 1. The van der Waals surface area contributed by atoms with Gasteiger partial charge in [0.05, 0.1) is 5.56 Å². The molecule has 6 nitrogen and oxygen atoms in total. The van der Waals surface area contributed by atoms with Crippen LogP contribution in [0.4, 0.5) is 5.69 Å². The standard InChI is InChI=1S/C13H17N3O3S/c14-7-11-6-12(15)3-4-13(11)20(18,19)16-5-1-2-10(8-16)9-17/h3-4,6,10,17H,1-2,5,8-9,15H2. The van der Waals surface area contributed by atoms with Crippen LogP contribution in [0.25, 0.3) is 0 Å². The summed E-state index contributed by atoms with van der Waals surface area (Å²) in [7, 11) is -3.72. The number of nitrogens with two attached hydrogens (primary N) is 1. The molecule has 108 valence electrons. The van der Waals surface area contributed by atoms with Crippen LogP contribution in [0.2, 0.25) is 0 Å². The zero-order valence-corrected chi connectivity index (χ0v) is 11.8. The molecule has 0 saturated carbocycles. The summed E-state index contributed by atoms with van der Waals surface area (Å²) in [5, 5.41) is 18.3. The summed E-state index contributed by atoms with van der Waals surface area (Å²) < 4.78 is 26.5. The van der Waals surface area contributed by atoms with Crippen LogP contribution in [-0.2, 0) is 10.0 Å². The number of rotatable bonds is 3. The Kier molecular flexibility index (Phi) is 4.28. The Hall–Kier alpha value is -1.62. The molecular formula is C13H17N3O3S. The van der Waals surface area contributed by atoms with Crippen LogP contribution < -0.4 is 5.73 Å². The maximum atomic E-state index is 12.6. The lowest BCUT2D eigenvalue weighted by atomic mass is 10.0. The predicted molar refractivity (Wildman–Crippen MR) is 74.1 cm³/mol. The quantitative estimate of drug-likeness (QED) is 0.791. The summed E-state index contributed by atoms with van der Waals surface area (Å²) in [6.07, 6.45) is 1.52. The van der Waals surface area contributed by atoms with E-state index in [0.717, 1.165) is 6.42 Å². The molecule has 1 unspecified atom stereocenters. The first-order valence-electron chi connectivity index (χ1n) is 6.39. The highest BCUT2D eigenvalue weighted by molar-refractivity contribution is 7.89. The minimum absolute atomic E-state index is 0.0206. The molecule has 7 heteroatoms. The minimum Gasteiger partial charge on any atom is -0.399 e. The van der Waals surface area contributed by atoms with Crippen LogP contribution >= 0.6 is 0 Å². The molecule has 1 atom stereocenters. The summed E-state index contributed by atoms with van der Waals surface area (Å²) in [4.78, 5) is -0.0206. The van der Waals surface area contributed by atoms with Gasteiger partial charge in [-0.3, -0.25) is 0 Å². The summed E-state index contributed by atoms with van der Waals surface area (Å²) in [5.74, 6) is -0.0437. The molecule has 1 aliphatic heterocycles. The lowest BCUT2D eigenvalue weighted by Crippen LogP contribution is -2.41. The average Bonchev–Trinajstić information content (AvgIpc) is 2.46. The molecule has 1 fully saturated rings. The van der Waals surface area contributed by atoms with Gasteiger partial charge in [0.2, 0.25) is 10.0 Å². The lowest BCUT2D eigenvalue weighted by Gasteiger charge is -2.31. The third-order valence-corrected chi connectivity index (χ3v) is 5.41. The van der Waals surface area contributed by atoms with Gasteiger partial charge in [0.1, 0.15) is 11.0 Å². The van der Waals surface area contributed by atoms with Crippen molar-refractivity contribution in [1.29, 1.82) is 5.26 Å². The lowest BCUT2D eigenvalue weighted by molar-refractivity contribution is 0.165. The second-order valence-electron chi connectivity index (χ2n) is 4.92. The predicted octanol–water partition coefficient (Wildman–Crippen LogP) is 0.533. The average molecular weight is 295 g/mol. The highest BCUT2D eigenvalue weighted by Crippen LogP contribution is 2.26. The molecule has 3 N–H and O–H groups in total. The van der Waals surface area contributed by atoms with Crippen LogP contribution in [0.3, 0.4) is 0 Å². The molecule has 1 aromatic rings. The number of hydrogen-bond donors (Lipinski definition) is 2. The first kappa shape index (κ1) is 14.8. The highest BCUT2D eigenvalue weighted by atomic mass is 32.2. The number of aliphatic hydroxyl groups is 1. The molecule has 0 radical (unpaired) electrons. The van der Waals surface area contributed by atoms with E-state index in [1.165, 1.54) is 22.5 Å². The molecule has 2 rings (SSSR count). The molecular weight excluding hydrogens is 278 g/mol. The van der Waals surface area contributed by atoms with Gasteiger partial charge >= 0.3 is 0 Å². The molecule has 1 saturated heterocycles. The van der Waals surface area contributed by atoms with E-state index in [2.05, 4.69) is 0 Å². The SMILES string of the molecule is N#Cc1cc(N)ccc1S(=O)(=O)N1CCCC(CO)C1. The van der Waals surface area contributed by atoms with Crippen molar-refractivity contribution >= 4 is 15.7 Å². The Morgan fingerprint density at radius 2 is 2.25 bits per heavy atom. The van der Waals surface area contributed by atoms with E-state index in [1.807, 2.05) is 6.07 Å². The topological polar surface area (TPSA) is 107 Å². The number of aliphatic hydroxyl groups excluding tert-OH is 1. The van der Waals surface area contributed by atoms with Crippen molar-refractivity contribution in [3.63, 3.8) is 0 Å². The van der Waals surface area contributed by atoms with Crippen LogP contribution in [0, 0.1) is 17.2 Å². The minimum atomic E-state index is -3.72. The van der Waals surface area contributed by atoms with Crippen molar-refractivity contribution in [1.82, 2.24) is 4.31 Å². The highest BCUT2D eigenvalue weighted by Gasteiger charge is 2.31. The Bertz CT molecular complexity index is 637. The van der Waals surface area contributed by atoms with Crippen molar-refractivity contribution < 1.29 is 13.5 Å². The van der Waals surface area contributed by atoms with Crippen LogP contribution in [0.15, 0.2) is 23.1 Å². The molecule has 1 aromatic carbocycles. The zero-order chi connectivity index (χ0) is 14.8. The maximum Gasteiger partial charge on any atom is 0.244 e. The van der Waals surface area contributed by atoms with E-state index in [4.69, 9.17) is 11.0 Å². The van der Waals surface area contributed by atoms with E-state index in [-0.39, 0.29) is 29.5 Å². The number of nitrogen functional groups attached to an aromatic ring is 1. The van der Waals surface area contributed by atoms with Gasteiger partial charge in [-0.1, -0.05) is 0 Å². The van der Waals surface area contributed by atoms with Crippen molar-refractivity contribution in [2.45, 2.75) is 17.7 Å². The van der Waals surface area contributed by atoms with Gasteiger partial charge in [-0.05, 0) is 37.0 Å². The van der Waals surface area contributed by atoms with E-state index >= 15 is 0 Å². The number of nitriles is 1. The molecule has 0 spiro atoms. The monoisotopic (exact) mass is 295 g/mol. The number of hydrogen-bond acceptors (Lipinski definition) is 5. The number of sulfonamides is 1. The van der Waals surface area contributed by atoms with E-state index in [1.54, 1.807) is 0 Å². The zero-order valence-electron chi connectivity index (χ0n) is 11.0. The number of nitrogens with zero attached hydrogens (tertiary/aromatic N) is 2. The third kappa shape index (κ3) is 2.77. The Labute approximate surface area is 118 Å². The summed E-state index contributed by atoms with van der Waals surface area (Å²) in [6.45, 7) is 0.668. The number of benzene rings is 1. The fourth-order valence-corrected chi connectivity index (χ4v) is 4.07. The maximum absolute atomic E-state index is 12.6. The summed E-state index contributed by atoms with van der Waals surface area (Å²) >= 11 is 0. The van der Waals surface area contributed by atoms with E-state index in [9.17, 15) is 13.5 Å². The molecule has 0 amide bonds. The van der Waals surface area contributed by atoms with Gasteiger partial charge in [0, 0.05) is 25.4 Å². The van der Waals surface area contributed by atoms with Crippen LogP contribution in [0.5, 0.6) is 0 Å². The fraction of sp³-hybridized carbons (Fsp3) is 0.462. The van der Waals surface area contributed by atoms with Crippen LogP contribution in [-0.4, -0.2) is 37.5 Å². The van der Waals surface area contributed by atoms with Crippen molar-refractivity contribution in [3.05, 3.63) is 23.8 Å². The number of anilines is 1. The smallest absolute Gasteiger partial charge is 0.244 e. The largest absolute Gasteiger partial charge is 0.399 e. The van der Waals surface area contributed by atoms with Gasteiger partial charge in [-0.15, -0.1) is 0 Å². The van der Waals surface area contributed by atoms with E-state index < -0.39 is 10.0 Å². The first-order chi connectivity index (χ1) is 9.48. The Morgan fingerprint density at radius 1 is 1.50 bits per heavy atom. The molecule has 0 bridgehead atoms. The fourth-order valence-electron chi connectivity index (χ4n) is 2.39. The molecule has 1 heterocycles. The second kappa shape index (κ2) is 5.79. The van der Waals surface area contributed by atoms with Crippen LogP contribution in [0.1, 0.15) is 18.4 Å². The molecule has 0 aliphatic carbocycles. The second-order valence-corrected chi connectivity index (χ2v) is 6.83. The molecule has 0 aromatic heterocycles. The van der Waals surface area contributed by atoms with E-state index in [0.29, 0.717) is 18.7 Å². The van der Waals surface area contributed by atoms with Crippen molar-refractivity contribution in [2.75, 3.05) is 25.4 Å². The van der Waals surface area contributed by atoms with Gasteiger partial charge in [-0.25, -0.2) is 8.42 Å². The normalized spacial score (nSPS) is 20.5. The van der Waals surface area contributed by atoms with Gasteiger partial charge in [0.25, 0.3) is 0 Å². The Morgan fingerprint density at radius 3 is 2.90 bits per heavy atom. The summed E-state index contributed by atoms with van der Waals surface area (Å²) in [6, 6.07) is 6.07. The Balaban J connectivity index is 2.38. The third-order valence-electron chi connectivity index (χ3n) is 3.48. The van der Waals surface area contributed by atoms with Gasteiger partial charge in [-0.2, -0.15) is 9.57 Å². The van der Waals surface area contributed by atoms with Crippen molar-refractivity contribution in [3.8, 4) is 6.07 Å². The first-order valence-corrected chi connectivity index (χ1v) is 7.83. The van der Waals surface area contributed by atoms with Gasteiger partial charge in [0.15, 0.2) is 0 Å². The van der Waals surface area contributed by atoms with Crippen molar-refractivity contribution in [2.24, 2.45) is 5.92 Å². The molecule has 20 heavy (non-hydrogen) atoms. The van der Waals surface area contributed by atoms with Gasteiger partial charge < -0.3 is 10.8 Å². The molecule has 1 aliphatic rings.